The first-order chi connectivity index (χ1) is 6.66. The highest BCUT2D eigenvalue weighted by atomic mass is 32.2. The van der Waals surface area contributed by atoms with Crippen molar-refractivity contribution in [3.8, 4) is 0 Å². The second-order valence-corrected chi connectivity index (χ2v) is 6.54. The van der Waals surface area contributed by atoms with E-state index >= 15 is 0 Å². The Bertz CT molecular complexity index is 304. The lowest BCUT2D eigenvalue weighted by Gasteiger charge is -2.17. The van der Waals surface area contributed by atoms with Gasteiger partial charge in [0, 0.05) is 19.0 Å². The number of carbonyl (C=O) groups excluding carboxylic acids is 1. The van der Waals surface area contributed by atoms with Gasteiger partial charge in [0.05, 0.1) is 11.5 Å². The van der Waals surface area contributed by atoms with Crippen LogP contribution in [0.3, 0.4) is 0 Å². The summed E-state index contributed by atoms with van der Waals surface area (Å²) in [5.74, 6) is -0.174. The Balaban J connectivity index is 4.01. The Morgan fingerprint density at radius 2 is 1.93 bits per heavy atom. The Labute approximate surface area is 91.3 Å². The summed E-state index contributed by atoms with van der Waals surface area (Å²) < 4.78 is 23.0. The van der Waals surface area contributed by atoms with Gasteiger partial charge in [0.2, 0.25) is 5.91 Å². The predicted molar refractivity (Wildman–Crippen MR) is 60.2 cm³/mol. The van der Waals surface area contributed by atoms with E-state index < -0.39 is 15.4 Å². The fourth-order valence-electron chi connectivity index (χ4n) is 1.22. The van der Waals surface area contributed by atoms with E-state index in [1.807, 2.05) is 0 Å². The number of carbonyl (C=O) groups is 1. The lowest BCUT2D eigenvalue weighted by atomic mass is 10.1. The molecule has 0 saturated carbocycles. The number of amides is 1. The molecule has 6 heteroatoms. The van der Waals surface area contributed by atoms with E-state index in [0.29, 0.717) is 6.42 Å². The highest BCUT2D eigenvalue weighted by Crippen LogP contribution is 2.06. The zero-order chi connectivity index (χ0) is 12.1. The first kappa shape index (κ1) is 14.4. The molecule has 0 rings (SSSR count). The third kappa shape index (κ3) is 8.38. The molecule has 0 aliphatic heterocycles. The van der Waals surface area contributed by atoms with E-state index in [1.165, 1.54) is 7.05 Å². The van der Waals surface area contributed by atoms with Crippen LogP contribution in [0.15, 0.2) is 0 Å². The molecule has 0 aromatic rings. The van der Waals surface area contributed by atoms with Gasteiger partial charge in [-0.1, -0.05) is 0 Å². The number of rotatable bonds is 6. The van der Waals surface area contributed by atoms with E-state index in [-0.39, 0.29) is 23.8 Å². The van der Waals surface area contributed by atoms with Crippen LogP contribution in [0.2, 0.25) is 0 Å². The van der Waals surface area contributed by atoms with Crippen molar-refractivity contribution in [3.63, 3.8) is 0 Å². The second-order valence-electron chi connectivity index (χ2n) is 4.36. The molecule has 3 N–H and O–H groups in total. The van der Waals surface area contributed by atoms with E-state index in [4.69, 9.17) is 5.73 Å². The van der Waals surface area contributed by atoms with Gasteiger partial charge < -0.3 is 11.1 Å². The Morgan fingerprint density at radius 3 is 2.33 bits per heavy atom. The summed E-state index contributed by atoms with van der Waals surface area (Å²) in [6.07, 6.45) is 0.582. The summed E-state index contributed by atoms with van der Waals surface area (Å²) in [7, 11) is -1.62. The Morgan fingerprint density at radius 1 is 1.40 bits per heavy atom. The minimum Gasteiger partial charge on any atom is -0.359 e. The van der Waals surface area contributed by atoms with Crippen LogP contribution in [-0.4, -0.2) is 38.4 Å². The largest absolute Gasteiger partial charge is 0.359 e. The third-order valence-electron chi connectivity index (χ3n) is 1.73. The van der Waals surface area contributed by atoms with Crippen LogP contribution >= 0.6 is 0 Å². The van der Waals surface area contributed by atoms with Crippen molar-refractivity contribution < 1.29 is 13.2 Å². The van der Waals surface area contributed by atoms with Crippen molar-refractivity contribution in [1.82, 2.24) is 5.32 Å². The molecule has 0 aromatic heterocycles. The molecule has 0 saturated heterocycles. The molecular formula is C9H20N2O3S. The van der Waals surface area contributed by atoms with Gasteiger partial charge in [0.1, 0.15) is 0 Å². The van der Waals surface area contributed by atoms with Gasteiger partial charge in [-0.05, 0) is 20.3 Å². The minimum atomic E-state index is -3.15. The van der Waals surface area contributed by atoms with Crippen molar-refractivity contribution in [2.24, 2.45) is 5.73 Å². The van der Waals surface area contributed by atoms with Gasteiger partial charge in [-0.25, -0.2) is 8.42 Å². The molecule has 0 spiro atoms. The van der Waals surface area contributed by atoms with Crippen LogP contribution in [0.4, 0.5) is 0 Å². The van der Waals surface area contributed by atoms with Crippen molar-refractivity contribution in [3.05, 3.63) is 0 Å². The molecule has 5 nitrogen and oxygen atoms in total. The lowest BCUT2D eigenvalue weighted by Crippen LogP contribution is -2.40. The molecule has 0 heterocycles. The molecule has 90 valence electrons. The van der Waals surface area contributed by atoms with E-state index in [2.05, 4.69) is 5.32 Å². The van der Waals surface area contributed by atoms with Crippen LogP contribution in [0.1, 0.15) is 26.7 Å². The number of nitrogens with one attached hydrogen (secondary N) is 1. The second kappa shape index (κ2) is 5.46. The van der Waals surface area contributed by atoms with Crippen LogP contribution in [0, 0.1) is 0 Å². The van der Waals surface area contributed by atoms with E-state index in [1.54, 1.807) is 13.8 Å². The summed E-state index contributed by atoms with van der Waals surface area (Å²) in [6, 6.07) is 0. The quantitative estimate of drug-likeness (QED) is 0.660. The first-order valence-electron chi connectivity index (χ1n) is 4.86. The SMILES string of the molecule is CNC(=O)CCCS(=O)(=O)CC(C)(C)N. The summed E-state index contributed by atoms with van der Waals surface area (Å²) >= 11 is 0. The molecule has 0 aromatic carbocycles. The lowest BCUT2D eigenvalue weighted by molar-refractivity contribution is -0.120. The molecule has 0 radical (unpaired) electrons. The highest BCUT2D eigenvalue weighted by molar-refractivity contribution is 7.91. The normalized spacial score (nSPS) is 12.5. The number of nitrogens with two attached hydrogens (primary N) is 1. The third-order valence-corrected chi connectivity index (χ3v) is 3.82. The zero-order valence-corrected chi connectivity index (χ0v) is 10.4. The summed E-state index contributed by atoms with van der Waals surface area (Å²) in [5, 5.41) is 2.44. The first-order valence-corrected chi connectivity index (χ1v) is 6.68. The van der Waals surface area contributed by atoms with Crippen molar-refractivity contribution >= 4 is 15.7 Å². The number of sulfone groups is 1. The van der Waals surface area contributed by atoms with Gasteiger partial charge >= 0.3 is 0 Å². The van der Waals surface area contributed by atoms with Gasteiger partial charge in [-0.15, -0.1) is 0 Å². The standard InChI is InChI=1S/C9H20N2O3S/c1-9(2,10)7-15(13,14)6-4-5-8(12)11-3/h4-7,10H2,1-3H3,(H,11,12). The number of hydrogen-bond acceptors (Lipinski definition) is 4. The number of hydrogen-bond donors (Lipinski definition) is 2. The van der Waals surface area contributed by atoms with Crippen LogP contribution in [-0.2, 0) is 14.6 Å². The monoisotopic (exact) mass is 236 g/mol. The van der Waals surface area contributed by atoms with Gasteiger partial charge in [-0.2, -0.15) is 0 Å². The van der Waals surface area contributed by atoms with Gasteiger partial charge in [-0.3, -0.25) is 4.79 Å². The van der Waals surface area contributed by atoms with Gasteiger partial charge in [0.15, 0.2) is 9.84 Å². The van der Waals surface area contributed by atoms with Crippen molar-refractivity contribution in [2.45, 2.75) is 32.2 Å². The molecule has 0 aliphatic rings. The average molecular weight is 236 g/mol. The smallest absolute Gasteiger partial charge is 0.219 e. The molecule has 0 fully saturated rings. The summed E-state index contributed by atoms with van der Waals surface area (Å²) in [4.78, 5) is 10.9. The highest BCUT2D eigenvalue weighted by Gasteiger charge is 2.21. The Hall–Kier alpha value is -0.620. The van der Waals surface area contributed by atoms with Crippen LogP contribution in [0.5, 0.6) is 0 Å². The molecule has 0 aliphatic carbocycles. The van der Waals surface area contributed by atoms with E-state index in [9.17, 15) is 13.2 Å². The summed E-state index contributed by atoms with van der Waals surface area (Å²) in [6.45, 7) is 3.34. The van der Waals surface area contributed by atoms with Crippen molar-refractivity contribution in [1.29, 1.82) is 0 Å². The summed E-state index contributed by atoms with van der Waals surface area (Å²) in [5.41, 5.74) is 4.90. The zero-order valence-electron chi connectivity index (χ0n) is 9.54. The molecule has 15 heavy (non-hydrogen) atoms. The maximum atomic E-state index is 11.5. The minimum absolute atomic E-state index is 0.0149. The predicted octanol–water partition coefficient (Wildman–Crippen LogP) is -0.335. The molecule has 0 unspecified atom stereocenters. The fraction of sp³-hybridized carbons (Fsp3) is 0.889. The molecule has 0 bridgehead atoms. The van der Waals surface area contributed by atoms with Crippen LogP contribution in [0.25, 0.3) is 0 Å². The Kier molecular flexibility index (Phi) is 5.23. The average Bonchev–Trinajstić information content (AvgIpc) is 1.98. The van der Waals surface area contributed by atoms with Gasteiger partial charge in [0.25, 0.3) is 0 Å². The van der Waals surface area contributed by atoms with E-state index in [0.717, 1.165) is 0 Å². The fourth-order valence-corrected chi connectivity index (χ4v) is 3.08. The topological polar surface area (TPSA) is 89.3 Å². The van der Waals surface area contributed by atoms with Crippen LogP contribution < -0.4 is 11.1 Å². The van der Waals surface area contributed by atoms with Crippen molar-refractivity contribution in [2.75, 3.05) is 18.6 Å². The molecule has 0 atom stereocenters. The maximum absolute atomic E-state index is 11.5. The molecular weight excluding hydrogens is 216 g/mol. The molecule has 1 amide bonds. The maximum Gasteiger partial charge on any atom is 0.219 e.